The number of benzene rings is 1. The monoisotopic (exact) mass is 350 g/mol. The molecule has 1 aromatic rings. The first-order valence-corrected chi connectivity index (χ1v) is 8.85. The van der Waals surface area contributed by atoms with Crippen molar-refractivity contribution in [2.45, 2.75) is 33.1 Å². The Morgan fingerprint density at radius 3 is 2.17 bits per heavy atom. The molecule has 0 saturated heterocycles. The van der Waals surface area contributed by atoms with Gasteiger partial charge in [0.2, 0.25) is 11.8 Å². The van der Waals surface area contributed by atoms with Crippen molar-refractivity contribution in [3.63, 3.8) is 0 Å². The van der Waals surface area contributed by atoms with E-state index in [1.165, 1.54) is 0 Å². The molecule has 0 N–H and O–H groups in total. The summed E-state index contributed by atoms with van der Waals surface area (Å²) >= 11 is 5.83. The van der Waals surface area contributed by atoms with Crippen LogP contribution in [0, 0.1) is 0 Å². The minimum absolute atomic E-state index is 0.0113. The van der Waals surface area contributed by atoms with Crippen LogP contribution in [0.4, 0.5) is 5.69 Å². The number of carbonyl (C=O) groups excluding carboxylic acids is 2. The van der Waals surface area contributed by atoms with Crippen LogP contribution >= 0.6 is 11.6 Å². The van der Waals surface area contributed by atoms with Gasteiger partial charge in [0.25, 0.3) is 0 Å². The van der Waals surface area contributed by atoms with E-state index in [1.807, 2.05) is 18.2 Å². The fourth-order valence-corrected chi connectivity index (χ4v) is 2.79. The van der Waals surface area contributed by atoms with Gasteiger partial charge in [0, 0.05) is 26.6 Å². The van der Waals surface area contributed by atoms with Crippen molar-refractivity contribution in [3.05, 3.63) is 42.0 Å². The van der Waals surface area contributed by atoms with Gasteiger partial charge in [0.1, 0.15) is 5.88 Å². The molecule has 1 rings (SSSR count). The summed E-state index contributed by atoms with van der Waals surface area (Å²) in [5, 5.41) is 0. The summed E-state index contributed by atoms with van der Waals surface area (Å²) in [7, 11) is 1.74. The minimum Gasteiger partial charge on any atom is -0.344 e. The van der Waals surface area contributed by atoms with Gasteiger partial charge < -0.3 is 9.80 Å². The maximum absolute atomic E-state index is 12.4. The van der Waals surface area contributed by atoms with Crippen molar-refractivity contribution >= 4 is 29.1 Å². The van der Waals surface area contributed by atoms with Crippen molar-refractivity contribution in [1.82, 2.24) is 4.90 Å². The van der Waals surface area contributed by atoms with Crippen LogP contribution in [0.3, 0.4) is 0 Å². The molecular weight excluding hydrogens is 324 g/mol. The molecule has 132 valence electrons. The Morgan fingerprint density at radius 1 is 1.12 bits per heavy atom. The number of para-hydroxylation sites is 1. The summed E-state index contributed by atoms with van der Waals surface area (Å²) in [6, 6.07) is 6.09. The molecule has 5 heteroatoms. The molecular formula is C19H27ClN2O2. The molecule has 1 aromatic carbocycles. The van der Waals surface area contributed by atoms with Crippen LogP contribution in [0.5, 0.6) is 0 Å². The van der Waals surface area contributed by atoms with E-state index in [1.54, 1.807) is 22.9 Å². The fraction of sp³-hybridized carbons (Fsp3) is 0.474. The topological polar surface area (TPSA) is 40.6 Å². The number of aryl methyl sites for hydroxylation is 2. The van der Waals surface area contributed by atoms with E-state index in [9.17, 15) is 9.59 Å². The first-order valence-electron chi connectivity index (χ1n) is 8.31. The number of rotatable bonds is 9. The maximum atomic E-state index is 12.4. The van der Waals surface area contributed by atoms with Crippen molar-refractivity contribution in [3.8, 4) is 0 Å². The highest BCUT2D eigenvalue weighted by atomic mass is 35.5. The lowest BCUT2D eigenvalue weighted by Crippen LogP contribution is -2.41. The molecule has 0 radical (unpaired) electrons. The van der Waals surface area contributed by atoms with E-state index in [4.69, 9.17) is 11.6 Å². The summed E-state index contributed by atoms with van der Waals surface area (Å²) in [4.78, 5) is 27.7. The predicted molar refractivity (Wildman–Crippen MR) is 101 cm³/mol. The van der Waals surface area contributed by atoms with Gasteiger partial charge in [0.15, 0.2) is 0 Å². The van der Waals surface area contributed by atoms with Crippen LogP contribution in [0.15, 0.2) is 30.9 Å². The molecule has 0 aliphatic heterocycles. The van der Waals surface area contributed by atoms with E-state index < -0.39 is 0 Å². The van der Waals surface area contributed by atoms with Crippen LogP contribution in [-0.4, -0.2) is 42.7 Å². The second kappa shape index (κ2) is 10.1. The Bertz CT molecular complexity index is 564. The third-order valence-corrected chi connectivity index (χ3v) is 4.28. The molecule has 4 nitrogen and oxygen atoms in total. The average Bonchev–Trinajstić information content (AvgIpc) is 2.61. The molecule has 0 fully saturated rings. The summed E-state index contributed by atoms with van der Waals surface area (Å²) in [5.41, 5.74) is 3.18. The molecule has 24 heavy (non-hydrogen) atoms. The first-order chi connectivity index (χ1) is 11.5. The quantitative estimate of drug-likeness (QED) is 0.505. The van der Waals surface area contributed by atoms with Crippen molar-refractivity contribution in [1.29, 1.82) is 0 Å². The summed E-state index contributed by atoms with van der Waals surface area (Å²) in [6.45, 7) is 8.61. The van der Waals surface area contributed by atoms with E-state index in [-0.39, 0.29) is 17.7 Å². The number of alkyl halides is 1. The van der Waals surface area contributed by atoms with Gasteiger partial charge >= 0.3 is 0 Å². The molecule has 0 aliphatic carbocycles. The summed E-state index contributed by atoms with van der Waals surface area (Å²) in [5.74, 6) is -0.231. The van der Waals surface area contributed by atoms with E-state index in [0.717, 1.165) is 29.7 Å². The predicted octanol–water partition coefficient (Wildman–Crippen LogP) is 3.42. The van der Waals surface area contributed by atoms with Crippen LogP contribution in [0.1, 0.15) is 31.4 Å². The molecule has 0 aromatic heterocycles. The molecule has 0 heterocycles. The Hall–Kier alpha value is -1.81. The molecule has 2 amide bonds. The highest BCUT2D eigenvalue weighted by Gasteiger charge is 2.21. The third-order valence-electron chi connectivity index (χ3n) is 4.05. The van der Waals surface area contributed by atoms with E-state index in [0.29, 0.717) is 19.5 Å². The van der Waals surface area contributed by atoms with Crippen LogP contribution in [0.25, 0.3) is 0 Å². The standard InChI is InChI=1S/C19H27ClN2O2/c1-5-9-17(23)21(4)12-13-22(18(24)14-20)19-15(6-2)10-8-11-16(19)7-3/h5,8,10-11H,1,6-7,9,12-14H2,2-4H3. The number of anilines is 1. The number of likely N-dealkylation sites (N-methyl/N-ethyl adjacent to an activating group) is 1. The summed E-state index contributed by atoms with van der Waals surface area (Å²) < 4.78 is 0. The Kier molecular flexibility index (Phi) is 8.55. The maximum Gasteiger partial charge on any atom is 0.241 e. The molecule has 0 atom stereocenters. The van der Waals surface area contributed by atoms with Gasteiger partial charge in [-0.05, 0) is 24.0 Å². The minimum atomic E-state index is -0.142. The molecule has 0 aliphatic rings. The van der Waals surface area contributed by atoms with Gasteiger partial charge in [-0.25, -0.2) is 0 Å². The van der Waals surface area contributed by atoms with E-state index in [2.05, 4.69) is 20.4 Å². The van der Waals surface area contributed by atoms with Crippen LogP contribution < -0.4 is 4.90 Å². The molecule has 0 bridgehead atoms. The lowest BCUT2D eigenvalue weighted by atomic mass is 10.0. The third kappa shape index (κ3) is 5.10. The normalized spacial score (nSPS) is 10.3. The fourth-order valence-electron chi connectivity index (χ4n) is 2.65. The van der Waals surface area contributed by atoms with Gasteiger partial charge in [0.05, 0.1) is 5.69 Å². The van der Waals surface area contributed by atoms with Crippen molar-refractivity contribution in [2.24, 2.45) is 0 Å². The number of carbonyl (C=O) groups is 2. The number of halogens is 1. The zero-order valence-corrected chi connectivity index (χ0v) is 15.6. The average molecular weight is 351 g/mol. The van der Waals surface area contributed by atoms with E-state index >= 15 is 0 Å². The van der Waals surface area contributed by atoms with Gasteiger partial charge in [-0.2, -0.15) is 0 Å². The molecule has 0 unspecified atom stereocenters. The zero-order chi connectivity index (χ0) is 18.1. The molecule has 0 spiro atoms. The van der Waals surface area contributed by atoms with Gasteiger partial charge in [-0.1, -0.05) is 38.1 Å². The lowest BCUT2D eigenvalue weighted by Gasteiger charge is -2.29. The number of amides is 2. The van der Waals surface area contributed by atoms with Crippen LogP contribution in [-0.2, 0) is 22.4 Å². The Balaban J connectivity index is 3.09. The smallest absolute Gasteiger partial charge is 0.241 e. The SMILES string of the molecule is C=CCC(=O)N(C)CCN(C(=O)CCl)c1c(CC)cccc1CC. The van der Waals surface area contributed by atoms with Gasteiger partial charge in [-0.15, -0.1) is 18.2 Å². The van der Waals surface area contributed by atoms with Crippen molar-refractivity contribution in [2.75, 3.05) is 30.9 Å². The second-order valence-electron chi connectivity index (χ2n) is 5.62. The highest BCUT2D eigenvalue weighted by molar-refractivity contribution is 6.29. The Morgan fingerprint density at radius 2 is 1.71 bits per heavy atom. The van der Waals surface area contributed by atoms with Gasteiger partial charge in [-0.3, -0.25) is 9.59 Å². The van der Waals surface area contributed by atoms with Crippen LogP contribution in [0.2, 0.25) is 0 Å². The first kappa shape index (κ1) is 20.2. The number of nitrogens with zero attached hydrogens (tertiary/aromatic N) is 2. The van der Waals surface area contributed by atoms with Crippen molar-refractivity contribution < 1.29 is 9.59 Å². The Labute approximate surface area is 150 Å². The second-order valence-corrected chi connectivity index (χ2v) is 5.89. The lowest BCUT2D eigenvalue weighted by molar-refractivity contribution is -0.129. The largest absolute Gasteiger partial charge is 0.344 e. The number of hydrogen-bond donors (Lipinski definition) is 0. The highest BCUT2D eigenvalue weighted by Crippen LogP contribution is 2.27. The summed E-state index contributed by atoms with van der Waals surface area (Å²) in [6.07, 6.45) is 3.55. The zero-order valence-electron chi connectivity index (χ0n) is 14.8. The molecule has 0 saturated carbocycles. The number of hydrogen-bond acceptors (Lipinski definition) is 2.